The number of urea groups is 2. The number of hydrogen-bond acceptors (Lipinski definition) is 9. The van der Waals surface area contributed by atoms with Crippen LogP contribution in [0.2, 0.25) is 0 Å². The number of aryl methyl sites for hydroxylation is 2. The molecular weight excluding hydrogens is 815 g/mol. The van der Waals surface area contributed by atoms with E-state index in [0.29, 0.717) is 43.6 Å². The van der Waals surface area contributed by atoms with Gasteiger partial charge in [0.25, 0.3) is 0 Å². The number of ether oxygens (including phenoxy) is 2. The smallest absolute Gasteiger partial charge is 0.323 e. The van der Waals surface area contributed by atoms with Crippen molar-refractivity contribution >= 4 is 35.7 Å². The number of amides is 4. The maximum atomic E-state index is 12.6. The first-order chi connectivity index (χ1) is 31.6. The topological polar surface area (TPSA) is 148 Å². The fraction of sp³-hybridized carbons (Fsp3) is 0.288. The number of nitrogens with one attached hydrogen (secondary N) is 2. The quantitative estimate of drug-likeness (QED) is 0.145. The minimum absolute atomic E-state index is 0.0824. The number of rotatable bonds is 9. The molecule has 6 heterocycles. The second-order valence-electron chi connectivity index (χ2n) is 17.0. The minimum Gasteiger partial charge on any atom is -0.456 e. The van der Waals surface area contributed by atoms with Gasteiger partial charge in [-0.1, -0.05) is 61.4 Å². The average Bonchev–Trinajstić information content (AvgIpc) is 4.17. The third-order valence-corrected chi connectivity index (χ3v) is 11.6. The van der Waals surface area contributed by atoms with E-state index in [-0.39, 0.29) is 23.9 Å². The fourth-order valence-electron chi connectivity index (χ4n) is 7.81. The van der Waals surface area contributed by atoms with Crippen molar-refractivity contribution in [3.05, 3.63) is 161 Å². The van der Waals surface area contributed by atoms with Gasteiger partial charge in [0.05, 0.1) is 42.4 Å². The molecule has 0 bridgehead atoms. The standard InChI is InChI=1S/C27H29N5O2.C25H26N4O2/c1-18-17-32(27(33)31-26-16-28-19(2)14-30-26)11-10-22(18)12-20-4-3-5-23(13-20)34-24-8-9-25(29-15-24)21-6-7-21;1-18-17-29(25(30)28-22-6-4-11-26-15-22)12-10-21(18)13-20-5-3-7-23(14-20)31-24-9-8-19(2)27-16-24/h3-5,8-9,12-16,18,21H,6-7,10-11,17H2,1-2H3,(H,30,31,33);3-9,11,13-16,18H,10,12,17H2,1-2H3,(H,28,30)/b;21-13+. The molecule has 1 saturated carbocycles. The van der Waals surface area contributed by atoms with E-state index in [0.717, 1.165) is 64.0 Å². The summed E-state index contributed by atoms with van der Waals surface area (Å²) in [7, 11) is 0. The number of hydrogen-bond donors (Lipinski definition) is 2. The highest BCUT2D eigenvalue weighted by atomic mass is 16.5. The van der Waals surface area contributed by atoms with E-state index < -0.39 is 0 Å². The molecule has 2 N–H and O–H groups in total. The van der Waals surface area contributed by atoms with Gasteiger partial charge in [0, 0.05) is 49.7 Å². The van der Waals surface area contributed by atoms with E-state index >= 15 is 0 Å². The van der Waals surface area contributed by atoms with E-state index in [4.69, 9.17) is 9.47 Å². The summed E-state index contributed by atoms with van der Waals surface area (Å²) in [5, 5.41) is 5.75. The van der Waals surface area contributed by atoms with Gasteiger partial charge in [-0.15, -0.1) is 0 Å². The molecule has 65 heavy (non-hydrogen) atoms. The van der Waals surface area contributed by atoms with E-state index in [1.54, 1.807) is 31.0 Å². The second kappa shape index (κ2) is 20.8. The number of anilines is 2. The van der Waals surface area contributed by atoms with E-state index in [9.17, 15) is 9.59 Å². The summed E-state index contributed by atoms with van der Waals surface area (Å²) < 4.78 is 12.0. The molecule has 2 atom stereocenters. The summed E-state index contributed by atoms with van der Waals surface area (Å²) in [5.41, 5.74) is 8.49. The third kappa shape index (κ3) is 12.6. The van der Waals surface area contributed by atoms with Crippen molar-refractivity contribution in [1.29, 1.82) is 0 Å². The third-order valence-electron chi connectivity index (χ3n) is 11.6. The number of nitrogens with zero attached hydrogens (tertiary/aromatic N) is 7. The molecule has 332 valence electrons. The van der Waals surface area contributed by atoms with E-state index in [2.05, 4.69) is 79.8 Å². The first-order valence-corrected chi connectivity index (χ1v) is 22.3. The lowest BCUT2D eigenvalue weighted by Gasteiger charge is -2.33. The molecule has 3 aliphatic rings. The van der Waals surface area contributed by atoms with Crippen LogP contribution in [0.1, 0.15) is 73.7 Å². The monoisotopic (exact) mass is 869 g/mol. The molecule has 9 rings (SSSR count). The Morgan fingerprint density at radius 3 is 1.72 bits per heavy atom. The van der Waals surface area contributed by atoms with Crippen molar-refractivity contribution in [2.75, 3.05) is 36.8 Å². The largest absolute Gasteiger partial charge is 0.456 e. The average molecular weight is 870 g/mol. The highest BCUT2D eigenvalue weighted by molar-refractivity contribution is 5.89. The van der Waals surface area contributed by atoms with Gasteiger partial charge in [0.15, 0.2) is 5.82 Å². The van der Waals surface area contributed by atoms with Gasteiger partial charge in [0.1, 0.15) is 23.0 Å². The van der Waals surface area contributed by atoms with Crippen LogP contribution in [0, 0.1) is 25.7 Å². The van der Waals surface area contributed by atoms with Gasteiger partial charge < -0.3 is 24.6 Å². The lowest BCUT2D eigenvalue weighted by molar-refractivity contribution is 0.197. The first-order valence-electron chi connectivity index (χ1n) is 22.3. The minimum atomic E-state index is -0.138. The Morgan fingerprint density at radius 1 is 0.615 bits per heavy atom. The van der Waals surface area contributed by atoms with Crippen LogP contribution in [0.3, 0.4) is 0 Å². The van der Waals surface area contributed by atoms with Gasteiger partial charge in [-0.3, -0.25) is 25.3 Å². The highest BCUT2D eigenvalue weighted by Gasteiger charge is 2.27. The molecular formula is C52H55N9O4. The van der Waals surface area contributed by atoms with Crippen molar-refractivity contribution in [1.82, 2.24) is 34.7 Å². The summed E-state index contributed by atoms with van der Waals surface area (Å²) in [6.07, 6.45) is 18.7. The van der Waals surface area contributed by atoms with Crippen LogP contribution in [0.4, 0.5) is 21.1 Å². The molecule has 2 unspecified atom stereocenters. The molecule has 4 aromatic heterocycles. The van der Waals surface area contributed by atoms with Crippen molar-refractivity contribution in [3.8, 4) is 23.0 Å². The number of pyridine rings is 3. The van der Waals surface area contributed by atoms with Gasteiger partial charge in [-0.05, 0) is 123 Å². The van der Waals surface area contributed by atoms with Crippen molar-refractivity contribution in [2.24, 2.45) is 11.8 Å². The van der Waals surface area contributed by atoms with E-state index in [1.807, 2.05) is 96.6 Å². The molecule has 3 fully saturated rings. The lowest BCUT2D eigenvalue weighted by atomic mass is 9.91. The Labute approximate surface area is 380 Å². The predicted octanol–water partition coefficient (Wildman–Crippen LogP) is 11.3. The zero-order valence-corrected chi connectivity index (χ0v) is 37.4. The van der Waals surface area contributed by atoms with Crippen LogP contribution in [0.25, 0.3) is 12.2 Å². The molecule has 13 nitrogen and oxygen atoms in total. The van der Waals surface area contributed by atoms with Crippen LogP contribution in [-0.2, 0) is 0 Å². The molecule has 2 saturated heterocycles. The summed E-state index contributed by atoms with van der Waals surface area (Å²) in [4.78, 5) is 50.1. The summed E-state index contributed by atoms with van der Waals surface area (Å²) in [6, 6.07) is 27.5. The molecule has 0 spiro atoms. The summed E-state index contributed by atoms with van der Waals surface area (Å²) >= 11 is 0. The van der Waals surface area contributed by atoms with Gasteiger partial charge in [0.2, 0.25) is 0 Å². The van der Waals surface area contributed by atoms with Crippen molar-refractivity contribution in [2.45, 2.75) is 59.3 Å². The number of carbonyl (C=O) groups excluding carboxylic acids is 2. The fourth-order valence-corrected chi connectivity index (χ4v) is 7.81. The number of piperidine rings is 2. The summed E-state index contributed by atoms with van der Waals surface area (Å²) in [5.74, 6) is 4.68. The Bertz CT molecular complexity index is 2620. The lowest BCUT2D eigenvalue weighted by Crippen LogP contribution is -2.42. The number of benzene rings is 2. The zero-order valence-electron chi connectivity index (χ0n) is 37.4. The Balaban J connectivity index is 0.000000178. The van der Waals surface area contributed by atoms with E-state index in [1.165, 1.54) is 24.0 Å². The molecule has 4 amide bonds. The summed E-state index contributed by atoms with van der Waals surface area (Å²) in [6.45, 7) is 10.8. The maximum absolute atomic E-state index is 12.6. The predicted molar refractivity (Wildman–Crippen MR) is 254 cm³/mol. The van der Waals surface area contributed by atoms with Crippen LogP contribution in [-0.4, -0.2) is 73.0 Å². The SMILES string of the molecule is Cc1ccc(Oc2cccc(/C=C3\CCN(C(=O)Nc4cccnc4)CC3C)c2)cn1.Cc1cnc(NC(=O)N2CCC(=Cc3cccc(Oc4ccc(C5CC5)nc4)c3)C(C)C2)cn1. The van der Waals surface area contributed by atoms with Crippen LogP contribution in [0.15, 0.2) is 133 Å². The van der Waals surface area contributed by atoms with Gasteiger partial charge in [-0.25, -0.2) is 14.6 Å². The normalized spacial score (nSPS) is 18.3. The van der Waals surface area contributed by atoms with Crippen molar-refractivity contribution in [3.63, 3.8) is 0 Å². The Kier molecular flexibility index (Phi) is 14.2. The highest BCUT2D eigenvalue weighted by Crippen LogP contribution is 2.39. The van der Waals surface area contributed by atoms with Crippen LogP contribution in [0.5, 0.6) is 23.0 Å². The van der Waals surface area contributed by atoms with Gasteiger partial charge >= 0.3 is 12.1 Å². The number of likely N-dealkylation sites (tertiary alicyclic amines) is 2. The Morgan fingerprint density at radius 2 is 1.22 bits per heavy atom. The maximum Gasteiger partial charge on any atom is 0.323 e. The second-order valence-corrected chi connectivity index (χ2v) is 17.0. The molecule has 1 aliphatic carbocycles. The van der Waals surface area contributed by atoms with Crippen molar-refractivity contribution < 1.29 is 19.1 Å². The number of aromatic nitrogens is 5. The Hall–Kier alpha value is -7.41. The molecule has 13 heteroatoms. The molecule has 2 aromatic carbocycles. The van der Waals surface area contributed by atoms with Crippen LogP contribution >= 0.6 is 0 Å². The molecule has 2 aliphatic heterocycles. The number of carbonyl (C=O) groups is 2. The van der Waals surface area contributed by atoms with Crippen LogP contribution < -0.4 is 20.1 Å². The molecule has 6 aromatic rings. The zero-order chi connectivity index (χ0) is 45.1. The molecule has 0 radical (unpaired) electrons. The van der Waals surface area contributed by atoms with Gasteiger partial charge in [-0.2, -0.15) is 0 Å². The first kappa shape index (κ1) is 44.2.